The first-order valence-corrected chi connectivity index (χ1v) is 5.63. The quantitative estimate of drug-likeness (QED) is 0.682. The fourth-order valence-electron chi connectivity index (χ4n) is 1.17. The van der Waals surface area contributed by atoms with E-state index in [1.165, 1.54) is 28.9 Å². The lowest BCUT2D eigenvalue weighted by atomic mass is 10.6. The summed E-state index contributed by atoms with van der Waals surface area (Å²) in [6, 6.07) is 0. The Labute approximate surface area is 77.9 Å². The van der Waals surface area contributed by atoms with Gasteiger partial charge in [-0.05, 0) is 6.92 Å². The van der Waals surface area contributed by atoms with E-state index in [1.54, 1.807) is 5.38 Å². The molecule has 0 saturated carbocycles. The van der Waals surface area contributed by atoms with Crippen molar-refractivity contribution in [1.82, 2.24) is 9.38 Å². The molecule has 0 amide bonds. The van der Waals surface area contributed by atoms with Crippen molar-refractivity contribution in [1.29, 1.82) is 0 Å². The molecule has 0 saturated heterocycles. The zero-order chi connectivity index (χ0) is 9.64. The van der Waals surface area contributed by atoms with Gasteiger partial charge in [0.2, 0.25) is 0 Å². The lowest BCUT2D eigenvalue weighted by Gasteiger charge is -1.91. The van der Waals surface area contributed by atoms with Crippen molar-refractivity contribution in [2.45, 2.75) is 11.9 Å². The Kier molecular flexibility index (Phi) is 1.67. The normalized spacial score (nSPS) is 12.5. The number of rotatable bonds is 1. The van der Waals surface area contributed by atoms with Crippen molar-refractivity contribution < 1.29 is 12.3 Å². The van der Waals surface area contributed by atoms with Crippen LogP contribution in [0, 0.1) is 6.92 Å². The number of aryl methyl sites for hydroxylation is 1. The minimum atomic E-state index is -4.68. The van der Waals surface area contributed by atoms with Crippen LogP contribution in [0.4, 0.5) is 3.89 Å². The molecule has 0 fully saturated rings. The summed E-state index contributed by atoms with van der Waals surface area (Å²) in [5.41, 5.74) is 0.189. The van der Waals surface area contributed by atoms with Gasteiger partial charge in [0, 0.05) is 11.6 Å². The first-order valence-electron chi connectivity index (χ1n) is 3.37. The monoisotopic (exact) mass is 220 g/mol. The van der Waals surface area contributed by atoms with Gasteiger partial charge in [-0.25, -0.2) is 4.98 Å². The zero-order valence-corrected chi connectivity index (χ0v) is 8.19. The Morgan fingerprint density at radius 1 is 1.62 bits per heavy atom. The van der Waals surface area contributed by atoms with Gasteiger partial charge in [0.25, 0.3) is 0 Å². The Balaban J connectivity index is 2.94. The summed E-state index contributed by atoms with van der Waals surface area (Å²) in [7, 11) is -4.68. The largest absolute Gasteiger partial charge is 0.350 e. The zero-order valence-electron chi connectivity index (χ0n) is 6.56. The Morgan fingerprint density at radius 2 is 2.31 bits per heavy atom. The second-order valence-corrected chi connectivity index (χ2v) is 4.63. The van der Waals surface area contributed by atoms with Crippen molar-refractivity contribution in [2.75, 3.05) is 0 Å². The molecule has 0 aliphatic carbocycles. The summed E-state index contributed by atoms with van der Waals surface area (Å²) >= 11 is 1.26. The molecule has 2 rings (SSSR count). The van der Waals surface area contributed by atoms with Gasteiger partial charge in [-0.3, -0.25) is 4.40 Å². The van der Waals surface area contributed by atoms with Crippen LogP contribution in [0.1, 0.15) is 5.69 Å². The molecule has 0 unspecified atom stereocenters. The summed E-state index contributed by atoms with van der Waals surface area (Å²) in [5, 5.41) is 1.28. The van der Waals surface area contributed by atoms with Crippen molar-refractivity contribution >= 4 is 26.5 Å². The van der Waals surface area contributed by atoms with Gasteiger partial charge in [0.1, 0.15) is 0 Å². The highest BCUT2D eigenvalue weighted by molar-refractivity contribution is 7.86. The predicted molar refractivity (Wildman–Crippen MR) is 46.1 cm³/mol. The fourth-order valence-corrected chi connectivity index (χ4v) is 2.77. The van der Waals surface area contributed by atoms with Crippen LogP contribution in [0.5, 0.6) is 0 Å². The Bertz CT molecular complexity index is 554. The summed E-state index contributed by atoms with van der Waals surface area (Å²) in [5.74, 6) is 0. The second-order valence-electron chi connectivity index (χ2n) is 2.50. The molecule has 2 aromatic rings. The molecular weight excluding hydrogens is 215 g/mol. The summed E-state index contributed by atoms with van der Waals surface area (Å²) < 4.78 is 35.4. The van der Waals surface area contributed by atoms with Crippen molar-refractivity contribution in [3.8, 4) is 0 Å². The first-order chi connectivity index (χ1) is 6.00. The average Bonchev–Trinajstić information content (AvgIpc) is 2.41. The van der Waals surface area contributed by atoms with E-state index in [0.717, 1.165) is 0 Å². The van der Waals surface area contributed by atoms with Crippen LogP contribution in [0.3, 0.4) is 0 Å². The van der Waals surface area contributed by atoms with E-state index in [4.69, 9.17) is 0 Å². The van der Waals surface area contributed by atoms with Crippen LogP contribution in [0.2, 0.25) is 0 Å². The average molecular weight is 220 g/mol. The predicted octanol–water partition coefficient (Wildman–Crippen LogP) is 1.36. The van der Waals surface area contributed by atoms with Crippen molar-refractivity contribution in [3.63, 3.8) is 0 Å². The van der Waals surface area contributed by atoms with Gasteiger partial charge in [-0.15, -0.1) is 11.3 Å². The highest BCUT2D eigenvalue weighted by atomic mass is 32.3. The van der Waals surface area contributed by atoms with E-state index in [1.807, 2.05) is 0 Å². The molecule has 0 aliphatic rings. The summed E-state index contributed by atoms with van der Waals surface area (Å²) in [4.78, 5) is 4.38. The number of imidazole rings is 1. The van der Waals surface area contributed by atoms with Crippen LogP contribution in [0.25, 0.3) is 4.96 Å². The van der Waals surface area contributed by atoms with Crippen LogP contribution < -0.4 is 0 Å². The third-order valence-electron chi connectivity index (χ3n) is 1.61. The maximum Gasteiger partial charge on any atom is 0.350 e. The molecule has 0 radical (unpaired) electrons. The van der Waals surface area contributed by atoms with Crippen LogP contribution in [-0.4, -0.2) is 17.8 Å². The first kappa shape index (κ1) is 8.64. The Morgan fingerprint density at radius 3 is 2.92 bits per heavy atom. The molecule has 0 N–H and O–H groups in total. The minimum Gasteiger partial charge on any atom is -0.279 e. The van der Waals surface area contributed by atoms with Gasteiger partial charge < -0.3 is 0 Å². The molecule has 2 aromatic heterocycles. The molecule has 0 aromatic carbocycles. The summed E-state index contributed by atoms with van der Waals surface area (Å²) in [6.07, 6.45) is 1.48. The summed E-state index contributed by atoms with van der Waals surface area (Å²) in [6.45, 7) is 1.46. The maximum absolute atomic E-state index is 12.7. The number of hydrogen-bond acceptors (Lipinski definition) is 4. The minimum absolute atomic E-state index is 0.189. The van der Waals surface area contributed by atoms with Crippen LogP contribution in [0.15, 0.2) is 16.6 Å². The van der Waals surface area contributed by atoms with E-state index in [0.29, 0.717) is 4.96 Å². The molecule has 0 spiro atoms. The molecule has 0 bridgehead atoms. The van der Waals surface area contributed by atoms with E-state index < -0.39 is 10.2 Å². The van der Waals surface area contributed by atoms with Crippen LogP contribution >= 0.6 is 11.3 Å². The highest BCUT2D eigenvalue weighted by Crippen LogP contribution is 2.22. The smallest absolute Gasteiger partial charge is 0.279 e. The van der Waals surface area contributed by atoms with Gasteiger partial charge in [0.05, 0.1) is 5.69 Å². The molecule has 70 valence electrons. The number of nitrogens with zero attached hydrogens (tertiary/aromatic N) is 2. The van der Waals surface area contributed by atoms with E-state index in [-0.39, 0.29) is 10.7 Å². The SMILES string of the molecule is Cc1nc2sccn2c1S(=O)(=O)F. The molecule has 4 nitrogen and oxygen atoms in total. The third-order valence-corrected chi connectivity index (χ3v) is 3.32. The molecule has 13 heavy (non-hydrogen) atoms. The lowest BCUT2D eigenvalue weighted by Crippen LogP contribution is -1.98. The van der Waals surface area contributed by atoms with Crippen molar-refractivity contribution in [2.24, 2.45) is 0 Å². The van der Waals surface area contributed by atoms with Gasteiger partial charge >= 0.3 is 10.2 Å². The number of halogens is 1. The van der Waals surface area contributed by atoms with E-state index in [2.05, 4.69) is 4.98 Å². The van der Waals surface area contributed by atoms with Crippen LogP contribution in [-0.2, 0) is 10.2 Å². The van der Waals surface area contributed by atoms with Gasteiger partial charge in [0.15, 0.2) is 9.99 Å². The number of aromatic nitrogens is 2. The van der Waals surface area contributed by atoms with Gasteiger partial charge in [-0.1, -0.05) is 3.89 Å². The second kappa shape index (κ2) is 2.52. The number of thiazole rings is 1. The van der Waals surface area contributed by atoms with Gasteiger partial charge in [-0.2, -0.15) is 8.42 Å². The maximum atomic E-state index is 12.7. The number of fused-ring (bicyclic) bond motifs is 1. The lowest BCUT2D eigenvalue weighted by molar-refractivity contribution is 0.546. The fraction of sp³-hybridized carbons (Fsp3) is 0.167. The molecule has 0 aliphatic heterocycles. The molecular formula is C6H5FN2O2S2. The third kappa shape index (κ3) is 1.24. The molecule has 0 atom stereocenters. The topological polar surface area (TPSA) is 51.4 Å². The van der Waals surface area contributed by atoms with E-state index in [9.17, 15) is 12.3 Å². The van der Waals surface area contributed by atoms with Crippen molar-refractivity contribution in [3.05, 3.63) is 17.3 Å². The Hall–Kier alpha value is -0.950. The van der Waals surface area contributed by atoms with E-state index >= 15 is 0 Å². The molecule has 7 heteroatoms. The highest BCUT2D eigenvalue weighted by Gasteiger charge is 2.22. The standard InChI is InChI=1S/C6H5FN2O2S2/c1-4-5(13(7,10)11)9-2-3-12-6(9)8-4/h2-3H,1H3. The molecule has 2 heterocycles. The number of hydrogen-bond donors (Lipinski definition) is 0.